The van der Waals surface area contributed by atoms with E-state index >= 15 is 0 Å². The van der Waals surface area contributed by atoms with E-state index in [0.717, 1.165) is 0 Å². The smallest absolute Gasteiger partial charge is 0.163 e. The van der Waals surface area contributed by atoms with Gasteiger partial charge in [0.25, 0.3) is 0 Å². The molecule has 1 fully saturated rings. The van der Waals surface area contributed by atoms with Gasteiger partial charge in [0.1, 0.15) is 5.75 Å². The van der Waals surface area contributed by atoms with Crippen molar-refractivity contribution in [3.05, 3.63) is 29.3 Å². The highest BCUT2D eigenvalue weighted by Gasteiger charge is 2.16. The summed E-state index contributed by atoms with van der Waals surface area (Å²) in [5, 5.41) is 8.92. The summed E-state index contributed by atoms with van der Waals surface area (Å²) in [5.41, 5.74) is 1.10. The number of Topliss-reactive ketones (excluding diaryl/α,β-unsaturated/α-hetero) is 1. The molecule has 1 aromatic carbocycles. The largest absolute Gasteiger partial charge is 0.492 e. The van der Waals surface area contributed by atoms with Crippen LogP contribution in [0.3, 0.4) is 0 Å². The molecule has 0 amide bonds. The van der Waals surface area contributed by atoms with Crippen molar-refractivity contribution in [1.29, 1.82) is 5.26 Å². The van der Waals surface area contributed by atoms with E-state index in [1.54, 1.807) is 18.2 Å². The number of hydrogen-bond donors (Lipinski definition) is 0. The summed E-state index contributed by atoms with van der Waals surface area (Å²) in [7, 11) is 0. The number of carbonyl (C=O) groups excluding carboxylic acids is 1. The van der Waals surface area contributed by atoms with Gasteiger partial charge in [0.2, 0.25) is 0 Å². The molecule has 0 atom stereocenters. The molecule has 0 saturated heterocycles. The number of nitrogens with zero attached hydrogens (tertiary/aromatic N) is 1. The fourth-order valence-corrected chi connectivity index (χ4v) is 2.56. The second-order valence-electron chi connectivity index (χ2n) is 5.19. The zero-order chi connectivity index (χ0) is 13.7. The molecular weight excluding hydrogens is 238 g/mol. The predicted octanol–water partition coefficient (Wildman–Crippen LogP) is 3.72. The van der Waals surface area contributed by atoms with Crippen molar-refractivity contribution in [1.82, 2.24) is 0 Å². The zero-order valence-corrected chi connectivity index (χ0v) is 11.3. The van der Waals surface area contributed by atoms with E-state index in [-0.39, 0.29) is 5.78 Å². The standard InChI is InChI=1S/C16H19NO2/c1-12(18)15-8-7-14(10-17)9-16(15)19-11-13-5-3-2-4-6-13/h7-9,13H,2-6,11H2,1H3. The lowest BCUT2D eigenvalue weighted by Gasteiger charge is -2.22. The molecule has 3 heteroatoms. The molecule has 0 aromatic heterocycles. The van der Waals surface area contributed by atoms with Crippen LogP contribution in [0.25, 0.3) is 0 Å². The van der Waals surface area contributed by atoms with Crippen molar-refractivity contribution in [2.45, 2.75) is 39.0 Å². The van der Waals surface area contributed by atoms with E-state index < -0.39 is 0 Å². The average Bonchev–Trinajstić information content (AvgIpc) is 2.45. The normalized spacial score (nSPS) is 15.8. The third-order valence-corrected chi connectivity index (χ3v) is 3.69. The van der Waals surface area contributed by atoms with Crippen LogP contribution in [0.1, 0.15) is 54.9 Å². The topological polar surface area (TPSA) is 50.1 Å². The van der Waals surface area contributed by atoms with Crippen LogP contribution in [0.5, 0.6) is 5.75 Å². The summed E-state index contributed by atoms with van der Waals surface area (Å²) in [5.74, 6) is 1.11. The van der Waals surface area contributed by atoms with Gasteiger partial charge in [-0.2, -0.15) is 5.26 Å². The van der Waals surface area contributed by atoms with Crippen LogP contribution in [0, 0.1) is 17.2 Å². The molecular formula is C16H19NO2. The number of nitriles is 1. The minimum absolute atomic E-state index is 0.0249. The highest BCUT2D eigenvalue weighted by atomic mass is 16.5. The third-order valence-electron chi connectivity index (χ3n) is 3.69. The number of carbonyl (C=O) groups is 1. The molecule has 0 radical (unpaired) electrons. The van der Waals surface area contributed by atoms with Crippen LogP contribution in [0.4, 0.5) is 0 Å². The maximum absolute atomic E-state index is 11.6. The first-order valence-corrected chi connectivity index (χ1v) is 6.88. The molecule has 2 rings (SSSR count). The SMILES string of the molecule is CC(=O)c1ccc(C#N)cc1OCC1CCCCC1. The highest BCUT2D eigenvalue weighted by molar-refractivity contribution is 5.97. The maximum atomic E-state index is 11.6. The molecule has 0 unspecified atom stereocenters. The van der Waals surface area contributed by atoms with Crippen LogP contribution in [-0.4, -0.2) is 12.4 Å². The minimum atomic E-state index is -0.0249. The Morgan fingerprint density at radius 1 is 1.37 bits per heavy atom. The first-order valence-electron chi connectivity index (χ1n) is 6.88. The predicted molar refractivity (Wildman–Crippen MR) is 73.2 cm³/mol. The van der Waals surface area contributed by atoms with Gasteiger partial charge in [-0.1, -0.05) is 19.3 Å². The molecule has 0 aliphatic heterocycles. The fourth-order valence-electron chi connectivity index (χ4n) is 2.56. The summed E-state index contributed by atoms with van der Waals surface area (Å²) >= 11 is 0. The summed E-state index contributed by atoms with van der Waals surface area (Å²) in [6.45, 7) is 2.17. The zero-order valence-electron chi connectivity index (χ0n) is 11.3. The van der Waals surface area contributed by atoms with Gasteiger partial charge in [-0.15, -0.1) is 0 Å². The Hall–Kier alpha value is -1.82. The molecule has 0 heterocycles. The van der Waals surface area contributed by atoms with Crippen molar-refractivity contribution >= 4 is 5.78 Å². The van der Waals surface area contributed by atoms with Crippen LogP contribution in [0.2, 0.25) is 0 Å². The maximum Gasteiger partial charge on any atom is 0.163 e. The van der Waals surface area contributed by atoms with E-state index in [4.69, 9.17) is 10.00 Å². The lowest BCUT2D eigenvalue weighted by Crippen LogP contribution is -2.16. The molecule has 1 aliphatic carbocycles. The number of rotatable bonds is 4. The molecule has 1 aromatic rings. The highest BCUT2D eigenvalue weighted by Crippen LogP contribution is 2.26. The van der Waals surface area contributed by atoms with E-state index in [1.165, 1.54) is 39.0 Å². The Kier molecular flexibility index (Phi) is 4.57. The van der Waals surface area contributed by atoms with Gasteiger partial charge in [0.05, 0.1) is 23.8 Å². The van der Waals surface area contributed by atoms with Gasteiger partial charge >= 0.3 is 0 Å². The van der Waals surface area contributed by atoms with Crippen LogP contribution in [-0.2, 0) is 0 Å². The van der Waals surface area contributed by atoms with Gasteiger partial charge in [-0.3, -0.25) is 4.79 Å². The molecule has 19 heavy (non-hydrogen) atoms. The Morgan fingerprint density at radius 3 is 2.74 bits per heavy atom. The molecule has 0 bridgehead atoms. The Bertz CT molecular complexity index is 496. The molecule has 0 spiro atoms. The van der Waals surface area contributed by atoms with Crippen molar-refractivity contribution in [2.24, 2.45) is 5.92 Å². The summed E-state index contributed by atoms with van der Waals surface area (Å²) in [6.07, 6.45) is 6.26. The van der Waals surface area contributed by atoms with Crippen molar-refractivity contribution in [2.75, 3.05) is 6.61 Å². The molecule has 100 valence electrons. The Morgan fingerprint density at radius 2 is 2.11 bits per heavy atom. The molecule has 0 N–H and O–H groups in total. The van der Waals surface area contributed by atoms with Gasteiger partial charge < -0.3 is 4.74 Å². The lowest BCUT2D eigenvalue weighted by molar-refractivity contribution is 0.101. The summed E-state index contributed by atoms with van der Waals surface area (Å²) in [6, 6.07) is 7.08. The Balaban J connectivity index is 2.08. The lowest BCUT2D eigenvalue weighted by atomic mass is 9.90. The summed E-state index contributed by atoms with van der Waals surface area (Å²) in [4.78, 5) is 11.6. The van der Waals surface area contributed by atoms with Gasteiger partial charge in [0.15, 0.2) is 5.78 Å². The first-order chi connectivity index (χ1) is 9.20. The van der Waals surface area contributed by atoms with Gasteiger partial charge in [-0.25, -0.2) is 0 Å². The Labute approximate surface area is 114 Å². The van der Waals surface area contributed by atoms with E-state index in [0.29, 0.717) is 29.4 Å². The molecule has 1 aliphatic rings. The third kappa shape index (κ3) is 3.57. The monoisotopic (exact) mass is 257 g/mol. The quantitative estimate of drug-likeness (QED) is 0.772. The van der Waals surface area contributed by atoms with Crippen molar-refractivity contribution in [3.8, 4) is 11.8 Å². The minimum Gasteiger partial charge on any atom is -0.492 e. The molecule has 1 saturated carbocycles. The first kappa shape index (κ1) is 13.6. The number of benzene rings is 1. The molecule has 3 nitrogen and oxygen atoms in total. The number of ether oxygens (including phenoxy) is 1. The van der Waals surface area contributed by atoms with Gasteiger partial charge in [0, 0.05) is 0 Å². The fraction of sp³-hybridized carbons (Fsp3) is 0.500. The second-order valence-corrected chi connectivity index (χ2v) is 5.19. The van der Waals surface area contributed by atoms with E-state index in [1.807, 2.05) is 0 Å². The van der Waals surface area contributed by atoms with Crippen LogP contribution in [0.15, 0.2) is 18.2 Å². The van der Waals surface area contributed by atoms with Gasteiger partial charge in [-0.05, 0) is 43.9 Å². The van der Waals surface area contributed by atoms with Crippen molar-refractivity contribution in [3.63, 3.8) is 0 Å². The van der Waals surface area contributed by atoms with Crippen LogP contribution < -0.4 is 4.74 Å². The van der Waals surface area contributed by atoms with Crippen LogP contribution >= 0.6 is 0 Å². The number of ketones is 1. The summed E-state index contributed by atoms with van der Waals surface area (Å²) < 4.78 is 5.81. The van der Waals surface area contributed by atoms with E-state index in [9.17, 15) is 4.79 Å². The average molecular weight is 257 g/mol. The second kappa shape index (κ2) is 6.38. The van der Waals surface area contributed by atoms with Crippen molar-refractivity contribution < 1.29 is 9.53 Å². The van der Waals surface area contributed by atoms with E-state index in [2.05, 4.69) is 6.07 Å². The number of hydrogen-bond acceptors (Lipinski definition) is 3.